The molecule has 0 heterocycles. The van der Waals surface area contributed by atoms with Crippen LogP contribution in [0.2, 0.25) is 5.02 Å². The second kappa shape index (κ2) is 4.09. The number of carbonyl (C=O) groups excluding carboxylic acids is 1. The molecule has 1 aromatic rings. The van der Waals surface area contributed by atoms with Gasteiger partial charge in [0.15, 0.2) is 5.75 Å². The first-order valence-electron chi connectivity index (χ1n) is 3.85. The minimum Gasteiger partial charge on any atom is -0.403 e. The average Bonchev–Trinajstić information content (AvgIpc) is 2.07. The summed E-state index contributed by atoms with van der Waals surface area (Å²) in [6.07, 6.45) is -4.97. The van der Waals surface area contributed by atoms with E-state index in [4.69, 9.17) is 23.1 Å². The number of carbonyl (C=O) groups is 1. The zero-order chi connectivity index (χ0) is 12.5. The molecule has 0 saturated carbocycles. The molecule has 1 amide bonds. The Labute approximate surface area is 92.9 Å². The van der Waals surface area contributed by atoms with E-state index >= 15 is 0 Å². The molecule has 4 N–H and O–H groups in total. The van der Waals surface area contributed by atoms with Crippen LogP contribution >= 0.6 is 11.6 Å². The molecule has 0 unspecified atom stereocenters. The Hall–Kier alpha value is -1.63. The van der Waals surface area contributed by atoms with Gasteiger partial charge in [0.1, 0.15) is 0 Å². The number of halogens is 4. The Balaban J connectivity index is 3.30. The minimum atomic E-state index is -4.97. The zero-order valence-corrected chi connectivity index (χ0v) is 8.39. The van der Waals surface area contributed by atoms with Crippen LogP contribution in [-0.2, 0) is 0 Å². The number of amides is 1. The standard InChI is InChI=1S/C8H6ClF3N2O2/c9-5-2-3(13)1-4(7(14)15)6(5)16-8(10,11)12/h1-2H,13H2,(H2,14,15). The smallest absolute Gasteiger partial charge is 0.403 e. The van der Waals surface area contributed by atoms with E-state index in [0.29, 0.717) is 0 Å². The number of nitrogens with two attached hydrogens (primary N) is 2. The lowest BCUT2D eigenvalue weighted by atomic mass is 10.1. The first-order chi connectivity index (χ1) is 7.20. The lowest BCUT2D eigenvalue weighted by Crippen LogP contribution is -2.21. The van der Waals surface area contributed by atoms with E-state index in [0.717, 1.165) is 12.1 Å². The molecule has 0 aliphatic heterocycles. The minimum absolute atomic E-state index is 0.00771. The van der Waals surface area contributed by atoms with Crippen molar-refractivity contribution in [2.45, 2.75) is 6.36 Å². The number of ether oxygens (including phenoxy) is 1. The van der Waals surface area contributed by atoms with Crippen molar-refractivity contribution in [2.24, 2.45) is 5.73 Å². The molecule has 16 heavy (non-hydrogen) atoms. The van der Waals surface area contributed by atoms with Gasteiger partial charge in [-0.3, -0.25) is 4.79 Å². The summed E-state index contributed by atoms with van der Waals surface area (Å²) in [6.45, 7) is 0. The van der Waals surface area contributed by atoms with Crippen LogP contribution in [0.4, 0.5) is 18.9 Å². The van der Waals surface area contributed by atoms with Crippen molar-refractivity contribution in [1.29, 1.82) is 0 Å². The highest BCUT2D eigenvalue weighted by Gasteiger charge is 2.34. The summed E-state index contributed by atoms with van der Waals surface area (Å²) in [5.41, 5.74) is 9.65. The molecule has 1 aromatic carbocycles. The third-order valence-corrected chi connectivity index (χ3v) is 1.83. The molecule has 0 bridgehead atoms. The summed E-state index contributed by atoms with van der Waals surface area (Å²) in [5, 5.41) is -0.439. The van der Waals surface area contributed by atoms with Gasteiger partial charge < -0.3 is 16.2 Å². The fourth-order valence-corrected chi connectivity index (χ4v) is 1.28. The van der Waals surface area contributed by atoms with E-state index in [2.05, 4.69) is 4.74 Å². The van der Waals surface area contributed by atoms with Gasteiger partial charge in [-0.1, -0.05) is 11.6 Å². The monoisotopic (exact) mass is 254 g/mol. The second-order valence-electron chi connectivity index (χ2n) is 2.79. The third kappa shape index (κ3) is 2.93. The first kappa shape index (κ1) is 12.4. The maximum Gasteiger partial charge on any atom is 0.573 e. The van der Waals surface area contributed by atoms with Gasteiger partial charge in [0.2, 0.25) is 0 Å². The van der Waals surface area contributed by atoms with Gasteiger partial charge in [0.05, 0.1) is 10.6 Å². The predicted molar refractivity (Wildman–Crippen MR) is 51.1 cm³/mol. The van der Waals surface area contributed by atoms with Crippen LogP contribution in [0, 0.1) is 0 Å². The Morgan fingerprint density at radius 1 is 1.38 bits per heavy atom. The van der Waals surface area contributed by atoms with Crippen LogP contribution in [0.3, 0.4) is 0 Å². The summed E-state index contributed by atoms with van der Waals surface area (Å²) in [7, 11) is 0. The highest BCUT2D eigenvalue weighted by atomic mass is 35.5. The van der Waals surface area contributed by atoms with Gasteiger partial charge in [-0.15, -0.1) is 13.2 Å². The number of hydrogen-bond acceptors (Lipinski definition) is 3. The van der Waals surface area contributed by atoms with E-state index in [1.807, 2.05) is 0 Å². The van der Waals surface area contributed by atoms with Crippen molar-refractivity contribution in [1.82, 2.24) is 0 Å². The highest BCUT2D eigenvalue weighted by Crippen LogP contribution is 2.35. The number of anilines is 1. The topological polar surface area (TPSA) is 78.3 Å². The van der Waals surface area contributed by atoms with Crippen molar-refractivity contribution in [3.63, 3.8) is 0 Å². The molecule has 0 radical (unpaired) electrons. The molecular weight excluding hydrogens is 249 g/mol. The van der Waals surface area contributed by atoms with E-state index in [-0.39, 0.29) is 5.69 Å². The number of rotatable bonds is 2. The molecule has 0 fully saturated rings. The molecule has 8 heteroatoms. The number of nitrogen functional groups attached to an aromatic ring is 1. The van der Waals surface area contributed by atoms with E-state index in [9.17, 15) is 18.0 Å². The second-order valence-corrected chi connectivity index (χ2v) is 3.20. The average molecular weight is 255 g/mol. The van der Waals surface area contributed by atoms with Gasteiger partial charge in [-0.05, 0) is 12.1 Å². The lowest BCUT2D eigenvalue weighted by molar-refractivity contribution is -0.274. The fraction of sp³-hybridized carbons (Fsp3) is 0.125. The fourth-order valence-electron chi connectivity index (χ4n) is 1.02. The molecule has 0 saturated heterocycles. The van der Waals surface area contributed by atoms with Gasteiger partial charge in [0, 0.05) is 5.69 Å². The maximum absolute atomic E-state index is 12.0. The van der Waals surface area contributed by atoms with Crippen molar-refractivity contribution in [3.05, 3.63) is 22.7 Å². The molecule has 0 spiro atoms. The van der Waals surface area contributed by atoms with Crippen LogP contribution < -0.4 is 16.2 Å². The summed E-state index contributed by atoms with van der Waals surface area (Å²) in [4.78, 5) is 10.9. The van der Waals surface area contributed by atoms with Crippen molar-refractivity contribution < 1.29 is 22.7 Å². The largest absolute Gasteiger partial charge is 0.573 e. The zero-order valence-electron chi connectivity index (χ0n) is 7.64. The Morgan fingerprint density at radius 2 is 1.94 bits per heavy atom. The summed E-state index contributed by atoms with van der Waals surface area (Å²) in [5.74, 6) is -1.97. The summed E-state index contributed by atoms with van der Waals surface area (Å²) in [6, 6.07) is 1.98. The van der Waals surface area contributed by atoms with Crippen LogP contribution in [-0.4, -0.2) is 12.3 Å². The molecule has 88 valence electrons. The van der Waals surface area contributed by atoms with E-state index in [1.54, 1.807) is 0 Å². The van der Waals surface area contributed by atoms with E-state index < -0.39 is 28.6 Å². The summed E-state index contributed by atoms with van der Waals surface area (Å²) >= 11 is 5.47. The molecule has 1 rings (SSSR count). The molecule has 0 atom stereocenters. The molecular formula is C8H6ClF3N2O2. The normalized spacial score (nSPS) is 11.2. The van der Waals surface area contributed by atoms with Gasteiger partial charge in [-0.2, -0.15) is 0 Å². The van der Waals surface area contributed by atoms with E-state index in [1.165, 1.54) is 0 Å². The van der Waals surface area contributed by atoms with Crippen molar-refractivity contribution >= 4 is 23.2 Å². The van der Waals surface area contributed by atoms with Crippen LogP contribution in [0.5, 0.6) is 5.75 Å². The van der Waals surface area contributed by atoms with Gasteiger partial charge in [-0.25, -0.2) is 0 Å². The third-order valence-electron chi connectivity index (χ3n) is 1.55. The van der Waals surface area contributed by atoms with Crippen LogP contribution in [0.25, 0.3) is 0 Å². The van der Waals surface area contributed by atoms with Crippen LogP contribution in [0.15, 0.2) is 12.1 Å². The summed E-state index contributed by atoms with van der Waals surface area (Å²) < 4.78 is 39.6. The first-order valence-corrected chi connectivity index (χ1v) is 4.23. The molecule has 0 aliphatic carbocycles. The van der Waals surface area contributed by atoms with Gasteiger partial charge >= 0.3 is 6.36 Å². The molecule has 0 aromatic heterocycles. The number of primary amides is 1. The quantitative estimate of drug-likeness (QED) is 0.792. The Bertz CT molecular complexity index is 434. The number of alkyl halides is 3. The van der Waals surface area contributed by atoms with Crippen LogP contribution in [0.1, 0.15) is 10.4 Å². The van der Waals surface area contributed by atoms with Crippen molar-refractivity contribution in [3.8, 4) is 5.75 Å². The Kier molecular flexibility index (Phi) is 3.18. The SMILES string of the molecule is NC(=O)c1cc(N)cc(Cl)c1OC(F)(F)F. The molecule has 4 nitrogen and oxygen atoms in total. The highest BCUT2D eigenvalue weighted by molar-refractivity contribution is 6.33. The number of benzene rings is 1. The lowest BCUT2D eigenvalue weighted by Gasteiger charge is -2.13. The maximum atomic E-state index is 12.0. The van der Waals surface area contributed by atoms with Crippen molar-refractivity contribution in [2.75, 3.05) is 5.73 Å². The molecule has 0 aliphatic rings. The van der Waals surface area contributed by atoms with Gasteiger partial charge in [0.25, 0.3) is 5.91 Å². The number of hydrogen-bond donors (Lipinski definition) is 2. The predicted octanol–water partition coefficient (Wildman–Crippen LogP) is 1.92. The Morgan fingerprint density at radius 3 is 2.38 bits per heavy atom.